The zero-order valence-corrected chi connectivity index (χ0v) is 22.4. The molecule has 5 rings (SSSR count). The fraction of sp³-hybridized carbons (Fsp3) is 0.0769. The molecule has 1 atom stereocenters. The third-order valence-corrected chi connectivity index (χ3v) is 8.59. The maximum absolute atomic E-state index is 13.3. The topological polar surface area (TPSA) is 83.4 Å². The van der Waals surface area contributed by atoms with Crippen molar-refractivity contribution < 1.29 is 14.7 Å². The van der Waals surface area contributed by atoms with Gasteiger partial charge in [-0.25, -0.2) is 0 Å². The first-order valence-electron chi connectivity index (χ1n) is 10.8. The first-order valence-corrected chi connectivity index (χ1v) is 13.7. The van der Waals surface area contributed by atoms with Gasteiger partial charge in [-0.05, 0) is 29.3 Å². The summed E-state index contributed by atoms with van der Waals surface area (Å²) in [7, 11) is 0. The van der Waals surface area contributed by atoms with Crippen molar-refractivity contribution in [1.82, 2.24) is 10.2 Å². The zero-order chi connectivity index (χ0) is 25.2. The fourth-order valence-electron chi connectivity index (χ4n) is 3.85. The van der Waals surface area contributed by atoms with Crippen molar-refractivity contribution in [3.05, 3.63) is 111 Å². The molecule has 1 unspecified atom stereocenters. The number of aliphatic hydroxyl groups excluding tert-OH is 1. The van der Waals surface area contributed by atoms with Gasteiger partial charge in [-0.2, -0.15) is 0 Å². The largest absolute Gasteiger partial charge is 0.507 e. The number of hydrogen-bond acceptors (Lipinski definition) is 7. The number of carbonyl (C=O) groups is 2. The highest BCUT2D eigenvalue weighted by Crippen LogP contribution is 2.44. The summed E-state index contributed by atoms with van der Waals surface area (Å²) in [4.78, 5) is 27.8. The second kappa shape index (κ2) is 10.6. The molecule has 2 heterocycles. The zero-order valence-electron chi connectivity index (χ0n) is 18.5. The average molecular weight is 599 g/mol. The van der Waals surface area contributed by atoms with Crippen LogP contribution in [0.5, 0.6) is 0 Å². The number of amides is 1. The second-order valence-corrected chi connectivity index (χ2v) is 11.3. The molecular formula is C26H17BrClN3O3S2. The molecule has 10 heteroatoms. The van der Waals surface area contributed by atoms with Crippen LogP contribution in [0, 0.1) is 0 Å². The SMILES string of the molecule is O=C1C(=O)N(c2nnc(SCc3ccccc3Cl)s2)C(c2ccc(Br)cc2)/C1=C(/O)c1ccccc1. The van der Waals surface area contributed by atoms with Crippen LogP contribution in [0.15, 0.2) is 93.2 Å². The lowest BCUT2D eigenvalue weighted by Crippen LogP contribution is -2.29. The Kier molecular flexibility index (Phi) is 7.25. The van der Waals surface area contributed by atoms with Gasteiger partial charge in [0, 0.05) is 20.8 Å². The molecule has 0 saturated carbocycles. The summed E-state index contributed by atoms with van der Waals surface area (Å²) in [6, 6.07) is 22.7. The lowest BCUT2D eigenvalue weighted by Gasteiger charge is -2.22. The lowest BCUT2D eigenvalue weighted by atomic mass is 9.95. The Labute approximate surface area is 228 Å². The standard InChI is InChI=1S/C26H17BrClN3O3S2/c27-18-12-10-15(11-13-18)21-20(22(32)16-6-2-1-3-7-16)23(33)24(34)31(21)25-29-30-26(36-25)35-14-17-8-4-5-9-19(17)28/h1-13,21,32H,14H2/b22-20-. The van der Waals surface area contributed by atoms with Gasteiger partial charge in [0.15, 0.2) is 4.34 Å². The molecule has 0 aliphatic carbocycles. The number of thioether (sulfide) groups is 1. The molecule has 1 aromatic heterocycles. The molecule has 3 aromatic carbocycles. The van der Waals surface area contributed by atoms with E-state index in [1.165, 1.54) is 28.0 Å². The Balaban J connectivity index is 1.54. The van der Waals surface area contributed by atoms with E-state index in [2.05, 4.69) is 26.1 Å². The molecule has 4 aromatic rings. The van der Waals surface area contributed by atoms with Crippen molar-refractivity contribution in [3.63, 3.8) is 0 Å². The number of ketones is 1. The van der Waals surface area contributed by atoms with E-state index in [1.807, 2.05) is 42.5 Å². The Morgan fingerprint density at radius 2 is 1.69 bits per heavy atom. The molecule has 1 aliphatic rings. The molecule has 1 saturated heterocycles. The molecular weight excluding hydrogens is 582 g/mol. The van der Waals surface area contributed by atoms with Crippen LogP contribution in [0.1, 0.15) is 22.7 Å². The molecule has 0 bridgehead atoms. The fourth-order valence-corrected chi connectivity index (χ4v) is 6.27. The minimum Gasteiger partial charge on any atom is -0.507 e. The Morgan fingerprint density at radius 1 is 1.00 bits per heavy atom. The van der Waals surface area contributed by atoms with Gasteiger partial charge in [0.05, 0.1) is 11.6 Å². The van der Waals surface area contributed by atoms with Crippen molar-refractivity contribution in [1.29, 1.82) is 0 Å². The van der Waals surface area contributed by atoms with Crippen LogP contribution in [-0.2, 0) is 15.3 Å². The van der Waals surface area contributed by atoms with E-state index in [9.17, 15) is 14.7 Å². The monoisotopic (exact) mass is 597 g/mol. The van der Waals surface area contributed by atoms with Crippen LogP contribution in [0.25, 0.3) is 5.76 Å². The summed E-state index contributed by atoms with van der Waals surface area (Å²) < 4.78 is 1.48. The Bertz CT molecular complexity index is 1480. The summed E-state index contributed by atoms with van der Waals surface area (Å²) in [6.07, 6.45) is 0. The van der Waals surface area contributed by atoms with Gasteiger partial charge in [0.2, 0.25) is 5.13 Å². The highest BCUT2D eigenvalue weighted by molar-refractivity contribution is 9.10. The van der Waals surface area contributed by atoms with Crippen LogP contribution >= 0.6 is 50.6 Å². The number of anilines is 1. The van der Waals surface area contributed by atoms with Gasteiger partial charge in [-0.15, -0.1) is 10.2 Å². The first kappa shape index (κ1) is 24.7. The predicted molar refractivity (Wildman–Crippen MR) is 146 cm³/mol. The van der Waals surface area contributed by atoms with E-state index in [0.717, 1.165) is 10.0 Å². The van der Waals surface area contributed by atoms with Crippen molar-refractivity contribution in [2.45, 2.75) is 16.1 Å². The number of rotatable bonds is 6. The molecule has 1 N–H and O–H groups in total. The molecule has 1 aliphatic heterocycles. The number of aliphatic hydroxyl groups is 1. The molecule has 6 nitrogen and oxygen atoms in total. The first-order chi connectivity index (χ1) is 17.4. The second-order valence-electron chi connectivity index (χ2n) is 7.82. The summed E-state index contributed by atoms with van der Waals surface area (Å²) in [5.41, 5.74) is 2.08. The van der Waals surface area contributed by atoms with Gasteiger partial charge in [-0.1, -0.05) is 111 Å². The van der Waals surface area contributed by atoms with Gasteiger partial charge in [-0.3, -0.25) is 14.5 Å². The summed E-state index contributed by atoms with van der Waals surface area (Å²) in [5.74, 6) is -1.19. The van der Waals surface area contributed by atoms with Gasteiger partial charge < -0.3 is 5.11 Å². The van der Waals surface area contributed by atoms with Crippen molar-refractivity contribution in [3.8, 4) is 0 Å². The number of halogens is 2. The Hall–Kier alpha value is -2.98. The number of aromatic nitrogens is 2. The molecule has 36 heavy (non-hydrogen) atoms. The van der Waals surface area contributed by atoms with Gasteiger partial charge in [0.1, 0.15) is 5.76 Å². The normalized spacial score (nSPS) is 17.1. The minimum atomic E-state index is -0.854. The maximum Gasteiger partial charge on any atom is 0.301 e. The predicted octanol–water partition coefficient (Wildman–Crippen LogP) is 6.87. The van der Waals surface area contributed by atoms with Crippen molar-refractivity contribution in [2.75, 3.05) is 4.90 Å². The van der Waals surface area contributed by atoms with Crippen LogP contribution < -0.4 is 4.90 Å². The van der Waals surface area contributed by atoms with Crippen LogP contribution in [0.3, 0.4) is 0 Å². The number of nitrogens with zero attached hydrogens (tertiary/aromatic N) is 3. The number of Topliss-reactive ketones (excluding diaryl/α,β-unsaturated/α-hetero) is 1. The smallest absolute Gasteiger partial charge is 0.301 e. The van der Waals surface area contributed by atoms with Gasteiger partial charge >= 0.3 is 5.91 Å². The molecule has 1 fully saturated rings. The lowest BCUT2D eigenvalue weighted by molar-refractivity contribution is -0.132. The summed E-state index contributed by atoms with van der Waals surface area (Å²) in [5, 5.41) is 20.5. The molecule has 0 spiro atoms. The molecule has 1 amide bonds. The number of carbonyl (C=O) groups excluding carboxylic acids is 2. The van der Waals surface area contributed by atoms with E-state index in [1.54, 1.807) is 36.4 Å². The number of benzene rings is 3. The maximum atomic E-state index is 13.3. The summed E-state index contributed by atoms with van der Waals surface area (Å²) in [6.45, 7) is 0. The van der Waals surface area contributed by atoms with E-state index in [-0.39, 0.29) is 16.5 Å². The van der Waals surface area contributed by atoms with E-state index < -0.39 is 17.7 Å². The quantitative estimate of drug-likeness (QED) is 0.0857. The molecule has 180 valence electrons. The van der Waals surface area contributed by atoms with Crippen LogP contribution in [0.2, 0.25) is 5.02 Å². The van der Waals surface area contributed by atoms with E-state index in [4.69, 9.17) is 11.6 Å². The number of hydrogen-bond donors (Lipinski definition) is 1. The minimum absolute atomic E-state index is 0.00833. The third-order valence-electron chi connectivity index (χ3n) is 5.59. The van der Waals surface area contributed by atoms with E-state index >= 15 is 0 Å². The Morgan fingerprint density at radius 3 is 2.42 bits per heavy atom. The van der Waals surface area contributed by atoms with Crippen LogP contribution in [-0.4, -0.2) is 27.0 Å². The highest BCUT2D eigenvalue weighted by Gasteiger charge is 2.48. The third kappa shape index (κ3) is 4.84. The van der Waals surface area contributed by atoms with Crippen molar-refractivity contribution in [2.24, 2.45) is 0 Å². The molecule has 0 radical (unpaired) electrons. The van der Waals surface area contributed by atoms with Gasteiger partial charge in [0.25, 0.3) is 5.78 Å². The van der Waals surface area contributed by atoms with Crippen LogP contribution in [0.4, 0.5) is 5.13 Å². The highest BCUT2D eigenvalue weighted by atomic mass is 79.9. The van der Waals surface area contributed by atoms with E-state index in [0.29, 0.717) is 26.2 Å². The van der Waals surface area contributed by atoms with Crippen molar-refractivity contribution >= 4 is 73.2 Å². The average Bonchev–Trinajstić information content (AvgIpc) is 3.46. The summed E-state index contributed by atoms with van der Waals surface area (Å²) >= 11 is 12.3.